The maximum Gasteiger partial charge on any atom is 0.338 e. The highest BCUT2D eigenvalue weighted by Gasteiger charge is 2.31. The van der Waals surface area contributed by atoms with Crippen LogP contribution in [-0.4, -0.2) is 52.0 Å². The number of halogens is 1. The summed E-state index contributed by atoms with van der Waals surface area (Å²) in [5, 5.41) is 4.63. The molecule has 21 heavy (non-hydrogen) atoms. The summed E-state index contributed by atoms with van der Waals surface area (Å²) in [4.78, 5) is 11.4. The summed E-state index contributed by atoms with van der Waals surface area (Å²) in [5.74, 6) is -0.519. The van der Waals surface area contributed by atoms with Gasteiger partial charge < -0.3 is 10.1 Å². The zero-order valence-corrected chi connectivity index (χ0v) is 14.3. The molecule has 1 fully saturated rings. The third kappa shape index (κ3) is 3.95. The zero-order chi connectivity index (χ0) is 14.8. The Morgan fingerprint density at radius 1 is 1.52 bits per heavy atom. The second-order valence-electron chi connectivity index (χ2n) is 4.64. The monoisotopic (exact) mass is 354 g/mol. The minimum Gasteiger partial charge on any atom is -0.465 e. The van der Waals surface area contributed by atoms with E-state index in [0.29, 0.717) is 13.1 Å². The molecule has 0 bridgehead atoms. The molecule has 0 saturated carbocycles. The van der Waals surface area contributed by atoms with Crippen molar-refractivity contribution >= 4 is 39.7 Å². The van der Waals surface area contributed by atoms with E-state index in [1.807, 2.05) is 7.05 Å². The van der Waals surface area contributed by atoms with Crippen molar-refractivity contribution in [1.29, 1.82) is 0 Å². The number of carbonyl (C=O) groups is 1. The fraction of sp³-hybridized carbons (Fsp3) is 0.583. The number of methoxy groups -OCH3 is 1. The standard InChI is InChI=1S/C12H18N2O4S2.ClH/c1-13-10-4-3-5-14(7-10)20(16,17)11-6-9(8-19-11)12(15)18-2;/h6,8,10,13H,3-5,7H2,1-2H3;1H. The van der Waals surface area contributed by atoms with Crippen molar-refractivity contribution in [2.75, 3.05) is 27.2 Å². The molecular formula is C12H19ClN2O4S2. The molecule has 1 saturated heterocycles. The van der Waals surface area contributed by atoms with Gasteiger partial charge in [-0.3, -0.25) is 0 Å². The predicted octanol–water partition coefficient (Wildman–Crippen LogP) is 1.33. The van der Waals surface area contributed by atoms with Crippen LogP contribution in [0.15, 0.2) is 15.7 Å². The highest BCUT2D eigenvalue weighted by Crippen LogP contribution is 2.26. The molecule has 0 aromatic carbocycles. The minimum absolute atomic E-state index is 0. The number of piperidine rings is 1. The first-order valence-corrected chi connectivity index (χ1v) is 8.65. The predicted molar refractivity (Wildman–Crippen MR) is 83.7 cm³/mol. The number of esters is 1. The van der Waals surface area contributed by atoms with E-state index < -0.39 is 16.0 Å². The first-order valence-electron chi connectivity index (χ1n) is 6.33. The van der Waals surface area contributed by atoms with Crippen LogP contribution in [0, 0.1) is 0 Å². The number of carbonyl (C=O) groups excluding carboxylic acids is 1. The highest BCUT2D eigenvalue weighted by molar-refractivity contribution is 7.91. The summed E-state index contributed by atoms with van der Waals surface area (Å²) >= 11 is 1.05. The van der Waals surface area contributed by atoms with E-state index in [4.69, 9.17) is 0 Å². The lowest BCUT2D eigenvalue weighted by molar-refractivity contribution is 0.0601. The van der Waals surface area contributed by atoms with E-state index in [0.717, 1.165) is 24.2 Å². The van der Waals surface area contributed by atoms with E-state index in [9.17, 15) is 13.2 Å². The SMILES string of the molecule is CNC1CCCN(S(=O)(=O)c2cc(C(=O)OC)cs2)C1.Cl. The molecule has 6 nitrogen and oxygen atoms in total. The molecule has 0 radical (unpaired) electrons. The van der Waals surface area contributed by atoms with Crippen LogP contribution in [-0.2, 0) is 14.8 Å². The quantitative estimate of drug-likeness (QED) is 0.825. The Bertz CT molecular complexity index is 588. The molecule has 120 valence electrons. The van der Waals surface area contributed by atoms with Crippen molar-refractivity contribution in [3.63, 3.8) is 0 Å². The number of ether oxygens (including phenoxy) is 1. The van der Waals surface area contributed by atoms with E-state index in [1.54, 1.807) is 0 Å². The largest absolute Gasteiger partial charge is 0.465 e. The van der Waals surface area contributed by atoms with Gasteiger partial charge in [0.1, 0.15) is 4.21 Å². The lowest BCUT2D eigenvalue weighted by atomic mass is 10.1. The van der Waals surface area contributed by atoms with Crippen LogP contribution >= 0.6 is 23.7 Å². The molecule has 1 aliphatic rings. The first-order chi connectivity index (χ1) is 9.48. The Kier molecular flexibility index (Phi) is 6.61. The second-order valence-corrected chi connectivity index (χ2v) is 7.71. The van der Waals surface area contributed by atoms with Gasteiger partial charge in [-0.2, -0.15) is 4.31 Å². The number of rotatable bonds is 4. The summed E-state index contributed by atoms with van der Waals surface area (Å²) in [6.45, 7) is 0.982. The van der Waals surface area contributed by atoms with Gasteiger partial charge in [0.05, 0.1) is 12.7 Å². The average Bonchev–Trinajstić information content (AvgIpc) is 2.97. The van der Waals surface area contributed by atoms with Gasteiger partial charge in [0.15, 0.2) is 0 Å². The van der Waals surface area contributed by atoms with Gasteiger partial charge >= 0.3 is 5.97 Å². The molecule has 1 unspecified atom stereocenters. The maximum atomic E-state index is 12.5. The summed E-state index contributed by atoms with van der Waals surface area (Å²) in [6.07, 6.45) is 1.81. The topological polar surface area (TPSA) is 75.7 Å². The number of sulfonamides is 1. The molecule has 1 N–H and O–H groups in total. The van der Waals surface area contributed by atoms with Crippen molar-refractivity contribution in [3.05, 3.63) is 17.0 Å². The number of nitrogens with one attached hydrogen (secondary N) is 1. The zero-order valence-electron chi connectivity index (χ0n) is 11.9. The van der Waals surface area contributed by atoms with Crippen LogP contribution in [0.1, 0.15) is 23.2 Å². The minimum atomic E-state index is -3.52. The van der Waals surface area contributed by atoms with Crippen molar-refractivity contribution in [3.8, 4) is 0 Å². The van der Waals surface area contributed by atoms with Crippen molar-refractivity contribution in [1.82, 2.24) is 9.62 Å². The summed E-state index contributed by atoms with van der Waals surface area (Å²) in [5.41, 5.74) is 0.276. The summed E-state index contributed by atoms with van der Waals surface area (Å²) in [7, 11) is -0.413. The van der Waals surface area contributed by atoms with E-state index in [-0.39, 0.29) is 28.2 Å². The fourth-order valence-electron chi connectivity index (χ4n) is 2.20. The lowest BCUT2D eigenvalue weighted by Gasteiger charge is -2.31. The highest BCUT2D eigenvalue weighted by atomic mass is 35.5. The third-order valence-corrected chi connectivity index (χ3v) is 6.66. The maximum absolute atomic E-state index is 12.5. The van der Waals surface area contributed by atoms with Gasteiger partial charge in [0, 0.05) is 24.5 Å². The number of hydrogen-bond acceptors (Lipinski definition) is 6. The Hall–Kier alpha value is -0.670. The molecule has 0 spiro atoms. The van der Waals surface area contributed by atoms with Gasteiger partial charge in [-0.25, -0.2) is 13.2 Å². The van der Waals surface area contributed by atoms with Crippen LogP contribution in [0.4, 0.5) is 0 Å². The molecule has 1 atom stereocenters. The second kappa shape index (κ2) is 7.55. The van der Waals surface area contributed by atoms with Gasteiger partial charge in [-0.05, 0) is 26.0 Å². The Balaban J connectivity index is 0.00000220. The van der Waals surface area contributed by atoms with Crippen LogP contribution < -0.4 is 5.32 Å². The van der Waals surface area contributed by atoms with E-state index in [2.05, 4.69) is 10.1 Å². The Morgan fingerprint density at radius 2 is 2.24 bits per heavy atom. The Labute approximate surface area is 134 Å². The van der Waals surface area contributed by atoms with Crippen LogP contribution in [0.2, 0.25) is 0 Å². The molecule has 1 aliphatic heterocycles. The first kappa shape index (κ1) is 18.4. The van der Waals surface area contributed by atoms with Crippen LogP contribution in [0.5, 0.6) is 0 Å². The van der Waals surface area contributed by atoms with Crippen LogP contribution in [0.3, 0.4) is 0 Å². The van der Waals surface area contributed by atoms with Crippen molar-refractivity contribution in [2.24, 2.45) is 0 Å². The normalized spacial score (nSPS) is 19.8. The van der Waals surface area contributed by atoms with E-state index >= 15 is 0 Å². The molecule has 2 rings (SSSR count). The molecule has 1 aromatic heterocycles. The molecule has 9 heteroatoms. The van der Waals surface area contributed by atoms with Gasteiger partial charge in [0.2, 0.25) is 0 Å². The molecule has 0 aliphatic carbocycles. The van der Waals surface area contributed by atoms with Crippen molar-refractivity contribution < 1.29 is 17.9 Å². The van der Waals surface area contributed by atoms with Gasteiger partial charge in [-0.15, -0.1) is 23.7 Å². The van der Waals surface area contributed by atoms with Gasteiger partial charge in [0.25, 0.3) is 10.0 Å². The molecule has 0 amide bonds. The number of thiophene rings is 1. The number of hydrogen-bond donors (Lipinski definition) is 1. The number of nitrogens with zero attached hydrogens (tertiary/aromatic N) is 1. The number of likely N-dealkylation sites (N-methyl/N-ethyl adjacent to an activating group) is 1. The smallest absolute Gasteiger partial charge is 0.338 e. The molecule has 2 heterocycles. The van der Waals surface area contributed by atoms with Crippen molar-refractivity contribution in [2.45, 2.75) is 23.1 Å². The summed E-state index contributed by atoms with van der Waals surface area (Å²) in [6, 6.07) is 1.56. The lowest BCUT2D eigenvalue weighted by Crippen LogP contribution is -2.46. The van der Waals surface area contributed by atoms with Crippen LogP contribution in [0.25, 0.3) is 0 Å². The average molecular weight is 355 g/mol. The van der Waals surface area contributed by atoms with E-state index in [1.165, 1.54) is 22.9 Å². The third-order valence-electron chi connectivity index (χ3n) is 3.38. The Morgan fingerprint density at radius 3 is 2.86 bits per heavy atom. The molecular weight excluding hydrogens is 336 g/mol. The van der Waals surface area contributed by atoms with Gasteiger partial charge in [-0.1, -0.05) is 0 Å². The summed E-state index contributed by atoms with van der Waals surface area (Å²) < 4.78 is 31.3. The fourth-order valence-corrected chi connectivity index (χ4v) is 5.03. The molecule has 1 aromatic rings.